The van der Waals surface area contributed by atoms with Crippen molar-refractivity contribution in [2.45, 2.75) is 32.7 Å². The lowest BCUT2D eigenvalue weighted by Crippen LogP contribution is -2.45. The van der Waals surface area contributed by atoms with Crippen LogP contribution in [0.4, 0.5) is 0 Å². The molecule has 1 N–H and O–H groups in total. The number of likely N-dealkylation sites (tertiary alicyclic amines) is 1. The van der Waals surface area contributed by atoms with E-state index in [1.807, 2.05) is 0 Å². The number of carbonyl (C=O) groups excluding carboxylic acids is 1. The molecular formula is C17H24N2O3. The number of ether oxygens (including phenoxy) is 2. The molecule has 5 nitrogen and oxygen atoms in total. The van der Waals surface area contributed by atoms with Crippen LogP contribution in [-0.4, -0.2) is 43.3 Å². The van der Waals surface area contributed by atoms with Gasteiger partial charge in [0.25, 0.3) is 5.91 Å². The molecule has 2 heterocycles. The molecule has 1 saturated heterocycles. The Morgan fingerprint density at radius 3 is 2.68 bits per heavy atom. The summed E-state index contributed by atoms with van der Waals surface area (Å²) in [4.78, 5) is 14.9. The zero-order valence-corrected chi connectivity index (χ0v) is 13.3. The molecule has 0 aliphatic carbocycles. The van der Waals surface area contributed by atoms with Crippen LogP contribution in [-0.2, 0) is 0 Å². The fraction of sp³-hybridized carbons (Fsp3) is 0.588. The lowest BCUT2D eigenvalue weighted by atomic mass is 10.0. The van der Waals surface area contributed by atoms with E-state index in [0.29, 0.717) is 35.6 Å². The summed E-state index contributed by atoms with van der Waals surface area (Å²) in [5.41, 5.74) is 0.619. The minimum atomic E-state index is -0.0526. The topological polar surface area (TPSA) is 50.8 Å². The zero-order chi connectivity index (χ0) is 15.5. The SMILES string of the molecule is CC(C)C(CNC(=O)c1ccc2c(c1)OCO2)N1CCCC1. The van der Waals surface area contributed by atoms with Gasteiger partial charge in [-0.25, -0.2) is 0 Å². The van der Waals surface area contributed by atoms with Crippen LogP contribution in [0.1, 0.15) is 37.0 Å². The van der Waals surface area contributed by atoms with Crippen molar-refractivity contribution in [1.29, 1.82) is 0 Å². The highest BCUT2D eigenvalue weighted by Gasteiger charge is 2.25. The maximum Gasteiger partial charge on any atom is 0.251 e. The van der Waals surface area contributed by atoms with E-state index in [-0.39, 0.29) is 12.7 Å². The Hall–Kier alpha value is -1.75. The van der Waals surface area contributed by atoms with E-state index in [2.05, 4.69) is 24.1 Å². The molecule has 3 rings (SSSR count). The van der Waals surface area contributed by atoms with Gasteiger partial charge >= 0.3 is 0 Å². The van der Waals surface area contributed by atoms with E-state index in [1.54, 1.807) is 18.2 Å². The normalized spacial score (nSPS) is 18.7. The third kappa shape index (κ3) is 3.19. The number of hydrogen-bond acceptors (Lipinski definition) is 4. The van der Waals surface area contributed by atoms with Gasteiger partial charge in [0.1, 0.15) is 0 Å². The molecule has 120 valence electrons. The van der Waals surface area contributed by atoms with Gasteiger partial charge in [-0.1, -0.05) is 13.8 Å². The van der Waals surface area contributed by atoms with Crippen LogP contribution < -0.4 is 14.8 Å². The summed E-state index contributed by atoms with van der Waals surface area (Å²) in [6.45, 7) is 7.63. The van der Waals surface area contributed by atoms with Gasteiger partial charge in [0, 0.05) is 18.2 Å². The number of benzene rings is 1. The highest BCUT2D eigenvalue weighted by atomic mass is 16.7. The van der Waals surface area contributed by atoms with Gasteiger partial charge in [-0.3, -0.25) is 9.69 Å². The van der Waals surface area contributed by atoms with Crippen LogP contribution in [0.15, 0.2) is 18.2 Å². The number of rotatable bonds is 5. The molecule has 1 unspecified atom stereocenters. The van der Waals surface area contributed by atoms with Crippen molar-refractivity contribution in [3.05, 3.63) is 23.8 Å². The predicted molar refractivity (Wildman–Crippen MR) is 84.3 cm³/mol. The average Bonchev–Trinajstić information content (AvgIpc) is 3.17. The minimum Gasteiger partial charge on any atom is -0.454 e. The maximum atomic E-state index is 12.4. The van der Waals surface area contributed by atoms with Gasteiger partial charge in [-0.15, -0.1) is 0 Å². The van der Waals surface area contributed by atoms with Crippen LogP contribution in [0.2, 0.25) is 0 Å². The Morgan fingerprint density at radius 2 is 1.95 bits per heavy atom. The molecule has 0 bridgehead atoms. The Bertz CT molecular complexity index is 539. The molecule has 1 aromatic rings. The van der Waals surface area contributed by atoms with Gasteiger partial charge in [-0.2, -0.15) is 0 Å². The quantitative estimate of drug-likeness (QED) is 0.906. The van der Waals surface area contributed by atoms with Crippen LogP contribution >= 0.6 is 0 Å². The smallest absolute Gasteiger partial charge is 0.251 e. The Balaban J connectivity index is 1.61. The number of carbonyl (C=O) groups is 1. The molecule has 2 aliphatic rings. The van der Waals surface area contributed by atoms with Crippen molar-refractivity contribution in [2.75, 3.05) is 26.4 Å². The van der Waals surface area contributed by atoms with Gasteiger partial charge in [-0.05, 0) is 50.0 Å². The third-order valence-electron chi connectivity index (χ3n) is 4.49. The highest BCUT2D eigenvalue weighted by Crippen LogP contribution is 2.32. The number of hydrogen-bond donors (Lipinski definition) is 1. The first-order valence-corrected chi connectivity index (χ1v) is 8.07. The summed E-state index contributed by atoms with van der Waals surface area (Å²) >= 11 is 0. The van der Waals surface area contributed by atoms with E-state index in [4.69, 9.17) is 9.47 Å². The van der Waals surface area contributed by atoms with E-state index in [1.165, 1.54) is 12.8 Å². The molecule has 0 radical (unpaired) electrons. The Labute approximate surface area is 131 Å². The maximum absolute atomic E-state index is 12.4. The van der Waals surface area contributed by atoms with E-state index < -0.39 is 0 Å². The van der Waals surface area contributed by atoms with Gasteiger partial charge in [0.2, 0.25) is 6.79 Å². The van der Waals surface area contributed by atoms with E-state index in [0.717, 1.165) is 13.1 Å². The third-order valence-corrected chi connectivity index (χ3v) is 4.49. The predicted octanol–water partition coefficient (Wildman–Crippen LogP) is 2.27. The standard InChI is InChI=1S/C17H24N2O3/c1-12(2)14(19-7-3-4-8-19)10-18-17(20)13-5-6-15-16(9-13)22-11-21-15/h5-6,9,12,14H,3-4,7-8,10-11H2,1-2H3,(H,18,20). The number of nitrogens with zero attached hydrogens (tertiary/aromatic N) is 1. The van der Waals surface area contributed by atoms with Crippen molar-refractivity contribution < 1.29 is 14.3 Å². The zero-order valence-electron chi connectivity index (χ0n) is 13.3. The molecule has 0 saturated carbocycles. The summed E-state index contributed by atoms with van der Waals surface area (Å²) in [5.74, 6) is 1.82. The van der Waals surface area contributed by atoms with Crippen molar-refractivity contribution in [1.82, 2.24) is 10.2 Å². The van der Waals surface area contributed by atoms with Crippen LogP contribution in [0.25, 0.3) is 0 Å². The molecule has 0 aromatic heterocycles. The molecule has 2 aliphatic heterocycles. The number of nitrogens with one attached hydrogen (secondary N) is 1. The summed E-state index contributed by atoms with van der Waals surface area (Å²) in [5, 5.41) is 3.07. The van der Waals surface area contributed by atoms with Crippen molar-refractivity contribution in [3.8, 4) is 11.5 Å². The molecule has 1 aromatic carbocycles. The molecule has 22 heavy (non-hydrogen) atoms. The van der Waals surface area contributed by atoms with Gasteiger partial charge in [0.05, 0.1) is 0 Å². The van der Waals surface area contributed by atoms with Crippen molar-refractivity contribution in [2.24, 2.45) is 5.92 Å². The molecule has 1 fully saturated rings. The van der Waals surface area contributed by atoms with Crippen molar-refractivity contribution in [3.63, 3.8) is 0 Å². The Kier molecular flexibility index (Phi) is 4.52. The van der Waals surface area contributed by atoms with E-state index in [9.17, 15) is 4.79 Å². The lowest BCUT2D eigenvalue weighted by molar-refractivity contribution is 0.0927. The van der Waals surface area contributed by atoms with Gasteiger partial charge < -0.3 is 14.8 Å². The summed E-state index contributed by atoms with van der Waals surface area (Å²) in [6.07, 6.45) is 2.53. The monoisotopic (exact) mass is 304 g/mol. The molecular weight excluding hydrogens is 280 g/mol. The second-order valence-corrected chi connectivity index (χ2v) is 6.33. The molecule has 1 atom stereocenters. The first kappa shape index (κ1) is 15.2. The summed E-state index contributed by atoms with van der Waals surface area (Å²) < 4.78 is 10.6. The lowest BCUT2D eigenvalue weighted by Gasteiger charge is -2.31. The van der Waals surface area contributed by atoms with Crippen LogP contribution in [0.3, 0.4) is 0 Å². The van der Waals surface area contributed by atoms with E-state index >= 15 is 0 Å². The van der Waals surface area contributed by atoms with Crippen LogP contribution in [0.5, 0.6) is 11.5 Å². The number of amides is 1. The minimum absolute atomic E-state index is 0.0526. The second kappa shape index (κ2) is 6.57. The Morgan fingerprint density at radius 1 is 1.23 bits per heavy atom. The van der Waals surface area contributed by atoms with Gasteiger partial charge in [0.15, 0.2) is 11.5 Å². The van der Waals surface area contributed by atoms with Crippen LogP contribution in [0, 0.1) is 5.92 Å². The second-order valence-electron chi connectivity index (χ2n) is 6.33. The fourth-order valence-electron chi connectivity index (χ4n) is 3.20. The number of fused-ring (bicyclic) bond motifs is 1. The largest absolute Gasteiger partial charge is 0.454 e. The summed E-state index contributed by atoms with van der Waals surface area (Å²) in [6, 6.07) is 5.72. The first-order valence-electron chi connectivity index (χ1n) is 8.07. The summed E-state index contributed by atoms with van der Waals surface area (Å²) in [7, 11) is 0. The molecule has 1 amide bonds. The molecule has 0 spiro atoms. The fourth-order valence-corrected chi connectivity index (χ4v) is 3.20. The highest BCUT2D eigenvalue weighted by molar-refractivity contribution is 5.94. The average molecular weight is 304 g/mol. The van der Waals surface area contributed by atoms with Crippen molar-refractivity contribution >= 4 is 5.91 Å². The first-order chi connectivity index (χ1) is 10.6. The molecule has 5 heteroatoms.